The fourth-order valence-electron chi connectivity index (χ4n) is 6.65. The maximum Gasteiger partial charge on any atom is 0.471 e. The quantitative estimate of drug-likeness (QED) is 0.296. The number of carbonyl (C=O) groups is 5. The van der Waals surface area contributed by atoms with Gasteiger partial charge in [0.25, 0.3) is 0 Å². The number of piperidine rings is 1. The van der Waals surface area contributed by atoms with E-state index in [-0.39, 0.29) is 46.6 Å². The first-order chi connectivity index (χ1) is 20.8. The first-order valence-corrected chi connectivity index (χ1v) is 15.5. The molecule has 3 heterocycles. The van der Waals surface area contributed by atoms with Crippen LogP contribution in [0.5, 0.6) is 0 Å². The predicted molar refractivity (Wildman–Crippen MR) is 155 cm³/mol. The zero-order chi connectivity index (χ0) is 33.2. The Kier molecular flexibility index (Phi) is 8.24. The number of carbonyl (C=O) groups excluding carboxylic acids is 5. The number of hydrogen-bond acceptors (Lipinski definition) is 7. The molecule has 3 aliphatic rings. The minimum Gasteiger partial charge on any atom is -0.356 e. The van der Waals surface area contributed by atoms with Gasteiger partial charge in [0.1, 0.15) is 23.4 Å². The first-order valence-electron chi connectivity index (χ1n) is 14.7. The topological polar surface area (TPSA) is 138 Å². The van der Waals surface area contributed by atoms with E-state index in [1.807, 2.05) is 19.2 Å². The van der Waals surface area contributed by atoms with Gasteiger partial charge in [0.15, 0.2) is 5.01 Å². The molecule has 1 saturated carbocycles. The standard InChI is InChI=1S/C30H35F4N5O5S/c1-28(2,3)22(38-27(44)30(32,33)34)26(43)39-12-14-18(29(14,4)5)20(39)24(42)36-16(11-13-9-10-35-23(13)41)21(40)25-37-19-15(31)7-6-8-17(19)45-25/h6-8,13-14,16,18,20,22H,9-12H2,1-5H3,(H,35,41)(H,36,42)(H,38,44). The zero-order valence-corrected chi connectivity index (χ0v) is 26.2. The number of amides is 4. The number of fused-ring (bicyclic) bond motifs is 2. The Morgan fingerprint density at radius 3 is 2.42 bits per heavy atom. The van der Waals surface area contributed by atoms with E-state index < -0.39 is 65.0 Å². The Balaban J connectivity index is 1.44. The highest BCUT2D eigenvalue weighted by Crippen LogP contribution is 2.65. The van der Waals surface area contributed by atoms with E-state index in [2.05, 4.69) is 15.6 Å². The number of ketones is 1. The van der Waals surface area contributed by atoms with Gasteiger partial charge in [-0.15, -0.1) is 11.3 Å². The SMILES string of the molecule is CC(C)(C)C(NC(=O)C(F)(F)F)C(=O)N1CC2C(C1C(=O)NC(CC1CCNC1=O)C(=O)c1nc3c(F)cccc3s1)C2(C)C. The van der Waals surface area contributed by atoms with E-state index in [0.717, 1.165) is 11.3 Å². The monoisotopic (exact) mass is 653 g/mol. The van der Waals surface area contributed by atoms with Gasteiger partial charge in [-0.2, -0.15) is 13.2 Å². The molecule has 5 rings (SSSR count). The number of benzene rings is 1. The van der Waals surface area contributed by atoms with Crippen LogP contribution in [-0.4, -0.2) is 76.7 Å². The van der Waals surface area contributed by atoms with Crippen LogP contribution in [0.25, 0.3) is 10.2 Å². The van der Waals surface area contributed by atoms with Gasteiger partial charge < -0.3 is 20.9 Å². The van der Waals surface area contributed by atoms with Crippen molar-refractivity contribution in [2.45, 2.75) is 71.8 Å². The van der Waals surface area contributed by atoms with Crippen LogP contribution >= 0.6 is 11.3 Å². The lowest BCUT2D eigenvalue weighted by atomic mass is 9.85. The van der Waals surface area contributed by atoms with E-state index in [4.69, 9.17) is 0 Å². The van der Waals surface area contributed by atoms with Crippen LogP contribution < -0.4 is 16.0 Å². The van der Waals surface area contributed by atoms with Crippen LogP contribution in [0.3, 0.4) is 0 Å². The summed E-state index contributed by atoms with van der Waals surface area (Å²) in [6.07, 6.45) is -4.87. The maximum atomic E-state index is 14.4. The number of thiazole rings is 1. The Hall–Kier alpha value is -3.62. The second-order valence-corrected chi connectivity index (χ2v) is 14.7. The summed E-state index contributed by atoms with van der Waals surface area (Å²) >= 11 is 0.945. The largest absolute Gasteiger partial charge is 0.471 e. The lowest BCUT2D eigenvalue weighted by Crippen LogP contribution is -2.61. The average Bonchev–Trinajstić information content (AvgIpc) is 3.45. The number of halogens is 4. The first kappa shape index (κ1) is 32.8. The smallest absolute Gasteiger partial charge is 0.356 e. The van der Waals surface area contributed by atoms with Gasteiger partial charge in [-0.05, 0) is 47.6 Å². The number of nitrogens with one attached hydrogen (secondary N) is 3. The number of hydrogen-bond donors (Lipinski definition) is 3. The van der Waals surface area contributed by atoms with E-state index in [0.29, 0.717) is 17.7 Å². The summed E-state index contributed by atoms with van der Waals surface area (Å²) in [7, 11) is 0. The van der Waals surface area contributed by atoms with Crippen LogP contribution in [-0.2, 0) is 19.2 Å². The van der Waals surface area contributed by atoms with Gasteiger partial charge in [-0.3, -0.25) is 24.0 Å². The molecule has 3 N–H and O–H groups in total. The summed E-state index contributed by atoms with van der Waals surface area (Å²) in [5.41, 5.74) is -1.52. The van der Waals surface area contributed by atoms with Gasteiger partial charge in [0.05, 0.1) is 10.7 Å². The summed E-state index contributed by atoms with van der Waals surface area (Å²) in [5.74, 6) is -6.45. The normalized spacial score (nSPS) is 25.4. The van der Waals surface area contributed by atoms with Gasteiger partial charge in [-0.25, -0.2) is 9.37 Å². The zero-order valence-electron chi connectivity index (χ0n) is 25.4. The number of rotatable bonds is 8. The van der Waals surface area contributed by atoms with E-state index >= 15 is 0 Å². The van der Waals surface area contributed by atoms with Crippen LogP contribution in [0.15, 0.2) is 18.2 Å². The van der Waals surface area contributed by atoms with Crippen molar-refractivity contribution in [1.82, 2.24) is 25.8 Å². The van der Waals surface area contributed by atoms with Crippen molar-refractivity contribution in [1.29, 1.82) is 0 Å². The van der Waals surface area contributed by atoms with Gasteiger partial charge in [-0.1, -0.05) is 40.7 Å². The van der Waals surface area contributed by atoms with Crippen LogP contribution in [0.4, 0.5) is 17.6 Å². The van der Waals surface area contributed by atoms with E-state index in [1.165, 1.54) is 37.8 Å². The maximum absolute atomic E-state index is 14.4. The molecule has 0 bridgehead atoms. The molecule has 2 saturated heterocycles. The molecule has 0 radical (unpaired) electrons. The minimum atomic E-state index is -5.22. The molecule has 1 aromatic carbocycles. The lowest BCUT2D eigenvalue weighted by Gasteiger charge is -2.38. The average molecular weight is 654 g/mol. The molecule has 10 nitrogen and oxygen atoms in total. The van der Waals surface area contributed by atoms with Crippen molar-refractivity contribution < 1.29 is 41.5 Å². The lowest BCUT2D eigenvalue weighted by molar-refractivity contribution is -0.176. The molecular formula is C30H35F4N5O5S. The van der Waals surface area contributed by atoms with Crippen molar-refractivity contribution in [3.8, 4) is 0 Å². The number of likely N-dealkylation sites (tertiary alicyclic amines) is 1. The van der Waals surface area contributed by atoms with Crippen LogP contribution in [0.2, 0.25) is 0 Å². The Labute approximate surface area is 260 Å². The summed E-state index contributed by atoms with van der Waals surface area (Å²) in [6.45, 7) is 8.81. The molecule has 2 aromatic rings. The molecule has 1 aromatic heterocycles. The number of para-hydroxylation sites is 1. The molecule has 6 unspecified atom stereocenters. The van der Waals surface area contributed by atoms with Crippen molar-refractivity contribution >= 4 is 51.0 Å². The molecule has 2 aliphatic heterocycles. The van der Waals surface area contributed by atoms with Crippen LogP contribution in [0, 0.1) is 34.4 Å². The second kappa shape index (κ2) is 11.3. The minimum absolute atomic E-state index is 0.00111. The molecule has 244 valence electrons. The van der Waals surface area contributed by atoms with Gasteiger partial charge in [0, 0.05) is 19.0 Å². The van der Waals surface area contributed by atoms with Crippen LogP contribution in [0.1, 0.15) is 57.3 Å². The molecule has 15 heteroatoms. The second-order valence-electron chi connectivity index (χ2n) is 13.7. The predicted octanol–water partition coefficient (Wildman–Crippen LogP) is 3.21. The fourth-order valence-corrected chi connectivity index (χ4v) is 7.63. The third-order valence-corrected chi connectivity index (χ3v) is 10.3. The van der Waals surface area contributed by atoms with E-state index in [1.54, 1.807) is 6.07 Å². The molecule has 1 aliphatic carbocycles. The number of nitrogens with zero attached hydrogens (tertiary/aromatic N) is 2. The van der Waals surface area contributed by atoms with E-state index in [9.17, 15) is 41.5 Å². The Morgan fingerprint density at radius 2 is 1.84 bits per heavy atom. The van der Waals surface area contributed by atoms with Crippen molar-refractivity contribution in [2.75, 3.05) is 13.1 Å². The number of Topliss-reactive ketones (excluding diaryl/α,β-unsaturated/α-hetero) is 1. The third kappa shape index (κ3) is 6.15. The summed E-state index contributed by atoms with van der Waals surface area (Å²) in [6, 6.07) is 0.292. The number of alkyl halides is 3. The third-order valence-electron chi connectivity index (χ3n) is 9.30. The highest BCUT2D eigenvalue weighted by atomic mass is 32.1. The number of aromatic nitrogens is 1. The van der Waals surface area contributed by atoms with Gasteiger partial charge in [0.2, 0.25) is 23.5 Å². The molecular weight excluding hydrogens is 618 g/mol. The van der Waals surface area contributed by atoms with Gasteiger partial charge >= 0.3 is 12.1 Å². The highest BCUT2D eigenvalue weighted by molar-refractivity contribution is 7.20. The Bertz CT molecular complexity index is 1570. The van der Waals surface area contributed by atoms with Crippen molar-refractivity contribution in [3.63, 3.8) is 0 Å². The molecule has 3 fully saturated rings. The van der Waals surface area contributed by atoms with Crippen molar-refractivity contribution in [3.05, 3.63) is 29.0 Å². The molecule has 6 atom stereocenters. The highest BCUT2D eigenvalue weighted by Gasteiger charge is 2.70. The summed E-state index contributed by atoms with van der Waals surface area (Å²) in [5, 5.41) is 7.17. The molecule has 45 heavy (non-hydrogen) atoms. The molecule has 0 spiro atoms. The molecule has 4 amide bonds. The summed E-state index contributed by atoms with van der Waals surface area (Å²) < 4.78 is 54.3. The summed E-state index contributed by atoms with van der Waals surface area (Å²) in [4.78, 5) is 71.4. The Morgan fingerprint density at radius 1 is 1.16 bits per heavy atom. The fraction of sp³-hybridized carbons (Fsp3) is 0.600. The van der Waals surface area contributed by atoms with Crippen molar-refractivity contribution in [2.24, 2.45) is 28.6 Å².